The van der Waals surface area contributed by atoms with Gasteiger partial charge in [0.1, 0.15) is 0 Å². The zero-order valence-electron chi connectivity index (χ0n) is 12.0. The maximum Gasteiger partial charge on any atom is 0.0829 e. The van der Waals surface area contributed by atoms with Gasteiger partial charge in [-0.15, -0.1) is 12.4 Å². The van der Waals surface area contributed by atoms with Gasteiger partial charge in [-0.05, 0) is 35.9 Å². The van der Waals surface area contributed by atoms with Crippen molar-refractivity contribution in [2.45, 2.75) is 12.5 Å². The fourth-order valence-electron chi connectivity index (χ4n) is 2.53. The molecule has 1 atom stereocenters. The number of rotatable bonds is 3. The van der Waals surface area contributed by atoms with E-state index < -0.39 is 0 Å². The summed E-state index contributed by atoms with van der Waals surface area (Å²) in [5.41, 5.74) is 8.74. The van der Waals surface area contributed by atoms with Crippen LogP contribution in [-0.2, 0) is 0 Å². The first kappa shape index (κ1) is 18.6. The van der Waals surface area contributed by atoms with Crippen molar-refractivity contribution in [3.8, 4) is 0 Å². The molecule has 0 radical (unpaired) electrons. The van der Waals surface area contributed by atoms with Crippen LogP contribution in [0.5, 0.6) is 0 Å². The van der Waals surface area contributed by atoms with Gasteiger partial charge in [0.2, 0.25) is 0 Å². The van der Waals surface area contributed by atoms with Gasteiger partial charge < -0.3 is 5.73 Å². The van der Waals surface area contributed by atoms with Crippen LogP contribution in [0.25, 0.3) is 0 Å². The van der Waals surface area contributed by atoms with Crippen LogP contribution < -0.4 is 10.7 Å². The third-order valence-corrected chi connectivity index (χ3v) is 4.69. The minimum Gasteiger partial charge on any atom is -0.325 e. The summed E-state index contributed by atoms with van der Waals surface area (Å²) in [4.78, 5) is 0. The third kappa shape index (κ3) is 4.01. The lowest BCUT2D eigenvalue weighted by Gasteiger charge is -2.25. The molecule has 1 aliphatic rings. The Hall–Kier alpha value is -0.780. The Bertz CT molecular complexity index is 719. The molecule has 0 spiro atoms. The first-order chi connectivity index (χ1) is 10.6. The molecule has 0 bridgehead atoms. The van der Waals surface area contributed by atoms with Crippen LogP contribution >= 0.6 is 51.5 Å². The molecule has 3 nitrogen and oxygen atoms in total. The minimum absolute atomic E-state index is 0. The Kier molecular flexibility index (Phi) is 6.34. The SMILES string of the molecule is Cl.NCC1=NN(c2ccc(Cl)cc2Cl)C(c2ccc(Br)cc2)C1. The number of benzene rings is 2. The van der Waals surface area contributed by atoms with Crippen molar-refractivity contribution in [2.75, 3.05) is 11.6 Å². The van der Waals surface area contributed by atoms with Crippen molar-refractivity contribution in [1.82, 2.24) is 0 Å². The molecule has 1 heterocycles. The fraction of sp³-hybridized carbons (Fsp3) is 0.188. The zero-order valence-corrected chi connectivity index (χ0v) is 16.0. The van der Waals surface area contributed by atoms with E-state index in [9.17, 15) is 0 Å². The molecule has 122 valence electrons. The van der Waals surface area contributed by atoms with Gasteiger partial charge in [0.15, 0.2) is 0 Å². The van der Waals surface area contributed by atoms with Crippen molar-refractivity contribution in [1.29, 1.82) is 0 Å². The Morgan fingerprint density at radius 2 is 1.87 bits per heavy atom. The Morgan fingerprint density at radius 3 is 2.48 bits per heavy atom. The van der Waals surface area contributed by atoms with Gasteiger partial charge in [0, 0.05) is 22.5 Å². The summed E-state index contributed by atoms with van der Waals surface area (Å²) in [5.74, 6) is 0. The second-order valence-corrected chi connectivity index (χ2v) is 6.84. The van der Waals surface area contributed by atoms with Crippen LogP contribution in [0, 0.1) is 0 Å². The highest BCUT2D eigenvalue weighted by atomic mass is 79.9. The fourth-order valence-corrected chi connectivity index (χ4v) is 3.29. The summed E-state index contributed by atoms with van der Waals surface area (Å²) in [6, 6.07) is 13.7. The number of anilines is 1. The maximum atomic E-state index is 6.34. The highest BCUT2D eigenvalue weighted by molar-refractivity contribution is 9.10. The predicted molar refractivity (Wildman–Crippen MR) is 104 cm³/mol. The Labute approximate surface area is 160 Å². The lowest BCUT2D eigenvalue weighted by Crippen LogP contribution is -2.19. The smallest absolute Gasteiger partial charge is 0.0829 e. The van der Waals surface area contributed by atoms with Crippen LogP contribution in [-0.4, -0.2) is 12.3 Å². The minimum atomic E-state index is 0. The van der Waals surface area contributed by atoms with E-state index in [0.29, 0.717) is 16.6 Å². The van der Waals surface area contributed by atoms with E-state index in [1.165, 1.54) is 5.56 Å². The number of nitrogens with zero attached hydrogens (tertiary/aromatic N) is 2. The third-order valence-electron chi connectivity index (χ3n) is 3.62. The molecule has 0 saturated heterocycles. The van der Waals surface area contributed by atoms with Gasteiger partial charge >= 0.3 is 0 Å². The second-order valence-electron chi connectivity index (χ2n) is 5.08. The van der Waals surface area contributed by atoms with E-state index in [0.717, 1.165) is 22.3 Å². The summed E-state index contributed by atoms with van der Waals surface area (Å²) in [6.45, 7) is 0.439. The standard InChI is InChI=1S/C16H14BrCl2N3.ClH/c17-11-3-1-10(2-4-11)16-8-13(9-20)21-22(16)15-6-5-12(18)7-14(15)19;/h1-7,16H,8-9,20H2;1H. The van der Waals surface area contributed by atoms with E-state index in [1.54, 1.807) is 6.07 Å². The largest absolute Gasteiger partial charge is 0.325 e. The second kappa shape index (κ2) is 7.86. The number of nitrogens with two attached hydrogens (primary N) is 1. The zero-order chi connectivity index (χ0) is 15.7. The summed E-state index contributed by atoms with van der Waals surface area (Å²) < 4.78 is 1.05. The van der Waals surface area contributed by atoms with Crippen LogP contribution in [0.3, 0.4) is 0 Å². The number of hydrazone groups is 1. The van der Waals surface area contributed by atoms with Crippen molar-refractivity contribution in [3.05, 3.63) is 62.5 Å². The number of halogens is 4. The Morgan fingerprint density at radius 1 is 1.17 bits per heavy atom. The number of hydrogen-bond acceptors (Lipinski definition) is 3. The highest BCUT2D eigenvalue weighted by Gasteiger charge is 2.29. The molecular weight excluding hydrogens is 420 g/mol. The lowest BCUT2D eigenvalue weighted by atomic mass is 10.0. The molecule has 2 aromatic rings. The normalized spacial score (nSPS) is 17.0. The van der Waals surface area contributed by atoms with Crippen LogP contribution in [0.1, 0.15) is 18.0 Å². The monoisotopic (exact) mass is 433 g/mol. The molecule has 1 aliphatic heterocycles. The van der Waals surface area contributed by atoms with Gasteiger partial charge in [0.05, 0.1) is 22.5 Å². The van der Waals surface area contributed by atoms with Crippen LogP contribution in [0.4, 0.5) is 5.69 Å². The van der Waals surface area contributed by atoms with E-state index >= 15 is 0 Å². The molecule has 0 amide bonds. The van der Waals surface area contributed by atoms with Crippen LogP contribution in [0.15, 0.2) is 52.0 Å². The highest BCUT2D eigenvalue weighted by Crippen LogP contribution is 2.39. The van der Waals surface area contributed by atoms with E-state index in [2.05, 4.69) is 33.2 Å². The van der Waals surface area contributed by atoms with Gasteiger partial charge in [0.25, 0.3) is 0 Å². The summed E-state index contributed by atoms with van der Waals surface area (Å²) in [5, 5.41) is 7.76. The molecule has 0 saturated carbocycles. The molecule has 0 fully saturated rings. The molecule has 3 rings (SSSR count). The first-order valence-electron chi connectivity index (χ1n) is 6.84. The summed E-state index contributed by atoms with van der Waals surface area (Å²) in [7, 11) is 0. The predicted octanol–water partition coefficient (Wildman–Crippen LogP) is 5.44. The van der Waals surface area contributed by atoms with Crippen molar-refractivity contribution >= 4 is 62.9 Å². The van der Waals surface area contributed by atoms with Gasteiger partial charge in [-0.1, -0.05) is 51.3 Å². The van der Waals surface area contributed by atoms with E-state index in [1.807, 2.05) is 29.3 Å². The quantitative estimate of drug-likeness (QED) is 0.697. The van der Waals surface area contributed by atoms with Crippen molar-refractivity contribution < 1.29 is 0 Å². The van der Waals surface area contributed by atoms with Gasteiger partial charge in [-0.3, -0.25) is 5.01 Å². The van der Waals surface area contributed by atoms with Gasteiger partial charge in [-0.25, -0.2) is 0 Å². The molecule has 0 aromatic heterocycles. The molecule has 0 aliphatic carbocycles. The van der Waals surface area contributed by atoms with E-state index in [-0.39, 0.29) is 18.4 Å². The van der Waals surface area contributed by atoms with Crippen molar-refractivity contribution in [2.24, 2.45) is 10.8 Å². The lowest BCUT2D eigenvalue weighted by molar-refractivity contribution is 0.708. The molecule has 1 unspecified atom stereocenters. The number of hydrogen-bond donors (Lipinski definition) is 1. The molecule has 23 heavy (non-hydrogen) atoms. The van der Waals surface area contributed by atoms with Crippen molar-refractivity contribution in [3.63, 3.8) is 0 Å². The van der Waals surface area contributed by atoms with Gasteiger partial charge in [-0.2, -0.15) is 5.10 Å². The molecular formula is C16H15BrCl3N3. The molecule has 7 heteroatoms. The molecule has 2 aromatic carbocycles. The molecule has 2 N–H and O–H groups in total. The average molecular weight is 436 g/mol. The summed E-state index contributed by atoms with van der Waals surface area (Å²) in [6.07, 6.45) is 0.789. The van der Waals surface area contributed by atoms with E-state index in [4.69, 9.17) is 28.9 Å². The van der Waals surface area contributed by atoms with Crippen LogP contribution in [0.2, 0.25) is 10.0 Å². The summed E-state index contributed by atoms with van der Waals surface area (Å²) >= 11 is 15.8. The average Bonchev–Trinajstić information content (AvgIpc) is 2.92. The Balaban J connectivity index is 0.00000192. The first-order valence-corrected chi connectivity index (χ1v) is 8.39. The topological polar surface area (TPSA) is 41.6 Å². The maximum absolute atomic E-state index is 6.34.